The number of ether oxygens (including phenoxy) is 1. The van der Waals surface area contributed by atoms with Crippen molar-refractivity contribution in [1.82, 2.24) is 0 Å². The van der Waals surface area contributed by atoms with Gasteiger partial charge in [-0.3, -0.25) is 19.7 Å². The number of anilines is 1. The number of fused-ring (bicyclic) bond motifs is 1. The van der Waals surface area contributed by atoms with Crippen LogP contribution < -0.4 is 4.90 Å². The van der Waals surface area contributed by atoms with Gasteiger partial charge in [-0.05, 0) is 6.07 Å². The van der Waals surface area contributed by atoms with Gasteiger partial charge < -0.3 is 9.64 Å². The standard InChI is InChI=1S/C11H8N2O5/c14-10-8-3-6(13(16)17)1-2-9(8)12(11(10)15)4-7-5-18-7/h1-3,7H,4-5H2/t7-/m0/s1. The highest BCUT2D eigenvalue weighted by Gasteiger charge is 2.40. The molecule has 1 amide bonds. The lowest BCUT2D eigenvalue weighted by Crippen LogP contribution is -2.33. The molecule has 0 N–H and O–H groups in total. The minimum absolute atomic E-state index is 0.0390. The quantitative estimate of drug-likeness (QED) is 0.336. The van der Waals surface area contributed by atoms with Crippen molar-refractivity contribution in [2.24, 2.45) is 0 Å². The summed E-state index contributed by atoms with van der Waals surface area (Å²) in [6.07, 6.45) is -0.0390. The fourth-order valence-electron chi connectivity index (χ4n) is 1.96. The number of hydrogen-bond donors (Lipinski definition) is 0. The Morgan fingerprint density at radius 1 is 1.44 bits per heavy atom. The van der Waals surface area contributed by atoms with Crippen molar-refractivity contribution in [3.63, 3.8) is 0 Å². The Morgan fingerprint density at radius 3 is 2.78 bits per heavy atom. The number of ketones is 1. The molecule has 1 fully saturated rings. The number of nitro benzene ring substituents is 1. The summed E-state index contributed by atoms with van der Waals surface area (Å²) < 4.78 is 5.02. The smallest absolute Gasteiger partial charge is 0.299 e. The first-order chi connectivity index (χ1) is 8.58. The number of carbonyl (C=O) groups excluding carboxylic acids is 2. The molecular weight excluding hydrogens is 240 g/mol. The summed E-state index contributed by atoms with van der Waals surface area (Å²) in [7, 11) is 0. The van der Waals surface area contributed by atoms with Crippen LogP contribution in [-0.4, -0.2) is 35.9 Å². The van der Waals surface area contributed by atoms with Gasteiger partial charge >= 0.3 is 0 Å². The number of non-ortho nitro benzene ring substituents is 1. The number of amides is 1. The molecule has 1 saturated heterocycles. The van der Waals surface area contributed by atoms with Crippen LogP contribution in [0.15, 0.2) is 18.2 Å². The molecule has 2 aliphatic heterocycles. The molecule has 7 nitrogen and oxygen atoms in total. The molecule has 92 valence electrons. The number of nitro groups is 1. The van der Waals surface area contributed by atoms with E-state index >= 15 is 0 Å². The molecule has 0 aromatic heterocycles. The second-order valence-electron chi connectivity index (χ2n) is 4.16. The zero-order valence-electron chi connectivity index (χ0n) is 9.16. The zero-order chi connectivity index (χ0) is 12.9. The summed E-state index contributed by atoms with van der Waals surface area (Å²) in [5.74, 6) is -1.35. The molecule has 1 aromatic rings. The summed E-state index contributed by atoms with van der Waals surface area (Å²) in [5, 5.41) is 10.6. The van der Waals surface area contributed by atoms with Gasteiger partial charge in [-0.15, -0.1) is 0 Å². The van der Waals surface area contributed by atoms with E-state index in [1.165, 1.54) is 17.0 Å². The normalized spacial score (nSPS) is 21.1. The van der Waals surface area contributed by atoms with E-state index in [2.05, 4.69) is 0 Å². The van der Waals surface area contributed by atoms with Crippen LogP contribution in [0.3, 0.4) is 0 Å². The molecule has 2 heterocycles. The maximum atomic E-state index is 11.8. The van der Waals surface area contributed by atoms with Crippen molar-refractivity contribution >= 4 is 23.1 Å². The third kappa shape index (κ3) is 1.56. The van der Waals surface area contributed by atoms with Crippen LogP contribution in [0, 0.1) is 10.1 Å². The summed E-state index contributed by atoms with van der Waals surface area (Å²) in [6.45, 7) is 0.885. The first kappa shape index (κ1) is 10.8. The maximum Gasteiger partial charge on any atom is 0.299 e. The highest BCUT2D eigenvalue weighted by atomic mass is 16.6. The number of Topliss-reactive ketones (excluding diaryl/α,β-unsaturated/α-hetero) is 1. The van der Waals surface area contributed by atoms with Gasteiger partial charge in [0.15, 0.2) is 0 Å². The minimum Gasteiger partial charge on any atom is -0.371 e. The average Bonchev–Trinajstić information content (AvgIpc) is 3.13. The van der Waals surface area contributed by atoms with E-state index in [1.807, 2.05) is 0 Å². The molecule has 1 atom stereocenters. The lowest BCUT2D eigenvalue weighted by atomic mass is 10.1. The van der Waals surface area contributed by atoms with Crippen LogP contribution in [-0.2, 0) is 9.53 Å². The third-order valence-electron chi connectivity index (χ3n) is 2.95. The van der Waals surface area contributed by atoms with Crippen LogP contribution in [0.1, 0.15) is 10.4 Å². The molecular formula is C11H8N2O5. The average molecular weight is 248 g/mol. The predicted octanol–water partition coefficient (Wildman–Crippen LogP) is 0.523. The van der Waals surface area contributed by atoms with Crippen molar-refractivity contribution < 1.29 is 19.2 Å². The third-order valence-corrected chi connectivity index (χ3v) is 2.95. The lowest BCUT2D eigenvalue weighted by Gasteiger charge is -2.14. The Hall–Kier alpha value is -2.28. The highest BCUT2D eigenvalue weighted by molar-refractivity contribution is 6.52. The fraction of sp³-hybridized carbons (Fsp3) is 0.273. The Kier molecular flexibility index (Phi) is 2.17. The van der Waals surface area contributed by atoms with E-state index in [-0.39, 0.29) is 17.4 Å². The highest BCUT2D eigenvalue weighted by Crippen LogP contribution is 2.33. The summed E-state index contributed by atoms with van der Waals surface area (Å²) >= 11 is 0. The van der Waals surface area contributed by atoms with Crippen LogP contribution in [0.25, 0.3) is 0 Å². The maximum absolute atomic E-state index is 11.8. The molecule has 18 heavy (non-hydrogen) atoms. The van der Waals surface area contributed by atoms with E-state index in [1.54, 1.807) is 0 Å². The molecule has 0 aliphatic carbocycles. The second-order valence-corrected chi connectivity index (χ2v) is 4.16. The van der Waals surface area contributed by atoms with Crippen molar-refractivity contribution in [1.29, 1.82) is 0 Å². The summed E-state index contributed by atoms with van der Waals surface area (Å²) in [6, 6.07) is 3.85. The topological polar surface area (TPSA) is 93.1 Å². The molecule has 2 aliphatic rings. The Morgan fingerprint density at radius 2 is 2.17 bits per heavy atom. The van der Waals surface area contributed by atoms with Gasteiger partial charge in [0.1, 0.15) is 0 Å². The second kappa shape index (κ2) is 3.61. The molecule has 3 rings (SSSR count). The minimum atomic E-state index is -0.700. The number of nitrogens with zero attached hydrogens (tertiary/aromatic N) is 2. The Balaban J connectivity index is 2.02. The van der Waals surface area contributed by atoms with Crippen LogP contribution in [0.4, 0.5) is 11.4 Å². The van der Waals surface area contributed by atoms with Crippen LogP contribution in [0.2, 0.25) is 0 Å². The van der Waals surface area contributed by atoms with E-state index in [4.69, 9.17) is 4.74 Å². The monoisotopic (exact) mass is 248 g/mol. The van der Waals surface area contributed by atoms with Gasteiger partial charge in [0.25, 0.3) is 17.4 Å². The van der Waals surface area contributed by atoms with E-state index in [9.17, 15) is 19.7 Å². The number of hydrogen-bond acceptors (Lipinski definition) is 5. The lowest BCUT2D eigenvalue weighted by molar-refractivity contribution is -0.384. The van der Waals surface area contributed by atoms with E-state index in [0.29, 0.717) is 18.8 Å². The molecule has 0 bridgehead atoms. The van der Waals surface area contributed by atoms with Crippen molar-refractivity contribution in [2.75, 3.05) is 18.1 Å². The Bertz CT molecular complexity index is 579. The molecule has 7 heteroatoms. The predicted molar refractivity (Wildman–Crippen MR) is 59.5 cm³/mol. The number of epoxide rings is 1. The van der Waals surface area contributed by atoms with Crippen molar-refractivity contribution in [2.45, 2.75) is 6.10 Å². The SMILES string of the molecule is O=C1C(=O)N(C[C@H]2CO2)c2ccc([N+](=O)[O-])cc21. The molecule has 0 unspecified atom stereocenters. The van der Waals surface area contributed by atoms with Gasteiger partial charge in [0, 0.05) is 12.1 Å². The number of benzene rings is 1. The largest absolute Gasteiger partial charge is 0.371 e. The number of rotatable bonds is 3. The van der Waals surface area contributed by atoms with Gasteiger partial charge in [0.05, 0.1) is 35.4 Å². The molecule has 0 radical (unpaired) electrons. The first-order valence-corrected chi connectivity index (χ1v) is 5.34. The summed E-state index contributed by atoms with van der Waals surface area (Å²) in [4.78, 5) is 34.8. The van der Waals surface area contributed by atoms with Gasteiger partial charge in [-0.2, -0.15) is 0 Å². The number of carbonyl (C=O) groups is 2. The van der Waals surface area contributed by atoms with Gasteiger partial charge in [-0.25, -0.2) is 0 Å². The Labute approximate surface area is 101 Å². The molecule has 0 spiro atoms. The molecule has 1 aromatic carbocycles. The zero-order valence-corrected chi connectivity index (χ0v) is 9.16. The van der Waals surface area contributed by atoms with Gasteiger partial charge in [0.2, 0.25) is 0 Å². The summed E-state index contributed by atoms with van der Waals surface area (Å²) in [5.41, 5.74) is 0.320. The van der Waals surface area contributed by atoms with Crippen molar-refractivity contribution in [3.05, 3.63) is 33.9 Å². The molecule has 0 saturated carbocycles. The van der Waals surface area contributed by atoms with Crippen LogP contribution >= 0.6 is 0 Å². The van der Waals surface area contributed by atoms with E-state index in [0.717, 1.165) is 6.07 Å². The van der Waals surface area contributed by atoms with Crippen LogP contribution in [0.5, 0.6) is 0 Å². The van der Waals surface area contributed by atoms with Crippen molar-refractivity contribution in [3.8, 4) is 0 Å². The fourth-order valence-corrected chi connectivity index (χ4v) is 1.96. The first-order valence-electron chi connectivity index (χ1n) is 5.34. The van der Waals surface area contributed by atoms with Gasteiger partial charge in [-0.1, -0.05) is 0 Å². The van der Waals surface area contributed by atoms with E-state index < -0.39 is 16.6 Å².